The molecule has 0 unspecified atom stereocenters. The predicted molar refractivity (Wildman–Crippen MR) is 81.0 cm³/mol. The van der Waals surface area contributed by atoms with Crippen molar-refractivity contribution >= 4 is 5.69 Å². The Morgan fingerprint density at radius 2 is 2.14 bits per heavy atom. The molecule has 0 saturated heterocycles. The monoisotopic (exact) mass is 287 g/mol. The van der Waals surface area contributed by atoms with Gasteiger partial charge in [0.25, 0.3) is 0 Å². The van der Waals surface area contributed by atoms with Crippen molar-refractivity contribution in [2.45, 2.75) is 45.1 Å². The number of rotatable bonds is 5. The number of anilines is 1. The highest BCUT2D eigenvalue weighted by Gasteiger charge is 2.40. The molecule has 1 aliphatic carbocycles. The summed E-state index contributed by atoms with van der Waals surface area (Å²) in [4.78, 5) is 0. The molecule has 1 fully saturated rings. The number of nitrogens with zero attached hydrogens (tertiary/aromatic N) is 4. The number of aromatic nitrogens is 4. The quantitative estimate of drug-likeness (QED) is 0.855. The first-order chi connectivity index (χ1) is 10.2. The highest BCUT2D eigenvalue weighted by Crippen LogP contribution is 2.43. The first kappa shape index (κ1) is 13.9. The standard InChI is InChI=1S/C15H21N5O/c1-3-15(8-5-9-15)20-14(17-18-19-20)11-6-7-13(21-4-2)12(16)10-11/h6-7,10H,3-5,8-9,16H2,1-2H3. The lowest BCUT2D eigenvalue weighted by atomic mass is 9.75. The molecule has 2 N–H and O–H groups in total. The maximum absolute atomic E-state index is 6.05. The average molecular weight is 287 g/mol. The third kappa shape index (κ3) is 2.24. The van der Waals surface area contributed by atoms with E-state index in [1.165, 1.54) is 6.42 Å². The second kappa shape index (κ2) is 5.35. The highest BCUT2D eigenvalue weighted by atomic mass is 16.5. The smallest absolute Gasteiger partial charge is 0.182 e. The minimum absolute atomic E-state index is 0.0756. The van der Waals surface area contributed by atoms with Gasteiger partial charge in [-0.15, -0.1) is 5.10 Å². The van der Waals surface area contributed by atoms with Gasteiger partial charge in [0, 0.05) is 5.56 Å². The molecule has 6 nitrogen and oxygen atoms in total. The van der Waals surface area contributed by atoms with Crippen molar-refractivity contribution in [3.05, 3.63) is 18.2 Å². The van der Waals surface area contributed by atoms with E-state index in [9.17, 15) is 0 Å². The summed E-state index contributed by atoms with van der Waals surface area (Å²) in [5.41, 5.74) is 7.67. The predicted octanol–water partition coefficient (Wildman–Crippen LogP) is 2.61. The van der Waals surface area contributed by atoms with Crippen molar-refractivity contribution in [1.82, 2.24) is 20.2 Å². The number of ether oxygens (including phenoxy) is 1. The molecular formula is C15H21N5O. The van der Waals surface area contributed by atoms with Crippen molar-refractivity contribution in [3.63, 3.8) is 0 Å². The summed E-state index contributed by atoms with van der Waals surface area (Å²) in [5, 5.41) is 12.3. The topological polar surface area (TPSA) is 78.9 Å². The Balaban J connectivity index is 1.98. The van der Waals surface area contributed by atoms with Gasteiger partial charge in [0.1, 0.15) is 5.75 Å². The van der Waals surface area contributed by atoms with Crippen LogP contribution in [0.3, 0.4) is 0 Å². The summed E-state index contributed by atoms with van der Waals surface area (Å²) in [6.45, 7) is 4.73. The minimum atomic E-state index is 0.0756. The van der Waals surface area contributed by atoms with Crippen molar-refractivity contribution in [3.8, 4) is 17.1 Å². The van der Waals surface area contributed by atoms with Crippen molar-refractivity contribution in [1.29, 1.82) is 0 Å². The van der Waals surface area contributed by atoms with E-state index in [1.807, 2.05) is 29.8 Å². The van der Waals surface area contributed by atoms with Crippen LogP contribution in [-0.2, 0) is 5.54 Å². The molecule has 0 aliphatic heterocycles. The molecule has 21 heavy (non-hydrogen) atoms. The zero-order valence-corrected chi connectivity index (χ0v) is 12.5. The van der Waals surface area contributed by atoms with E-state index in [4.69, 9.17) is 10.5 Å². The van der Waals surface area contributed by atoms with E-state index in [-0.39, 0.29) is 5.54 Å². The molecule has 0 radical (unpaired) electrons. The Morgan fingerprint density at radius 3 is 2.71 bits per heavy atom. The van der Waals surface area contributed by atoms with E-state index in [2.05, 4.69) is 22.4 Å². The summed E-state index contributed by atoms with van der Waals surface area (Å²) < 4.78 is 7.45. The van der Waals surface area contributed by atoms with Gasteiger partial charge in [0.2, 0.25) is 0 Å². The van der Waals surface area contributed by atoms with E-state index < -0.39 is 0 Å². The number of hydrogen-bond acceptors (Lipinski definition) is 5. The van der Waals surface area contributed by atoms with Crippen molar-refractivity contribution < 1.29 is 4.74 Å². The molecule has 1 aliphatic rings. The number of benzene rings is 1. The molecule has 0 atom stereocenters. The molecule has 2 aromatic rings. The fraction of sp³-hybridized carbons (Fsp3) is 0.533. The van der Waals surface area contributed by atoms with Crippen LogP contribution in [0.2, 0.25) is 0 Å². The van der Waals surface area contributed by atoms with Gasteiger partial charge in [-0.1, -0.05) is 6.92 Å². The minimum Gasteiger partial charge on any atom is -0.492 e. The van der Waals surface area contributed by atoms with E-state index in [0.717, 1.165) is 30.7 Å². The third-order valence-electron chi connectivity index (χ3n) is 4.43. The molecule has 1 saturated carbocycles. The number of nitrogens with two attached hydrogens (primary N) is 1. The molecule has 0 bridgehead atoms. The first-order valence-electron chi connectivity index (χ1n) is 7.52. The molecule has 0 spiro atoms. The average Bonchev–Trinajstić information content (AvgIpc) is 2.90. The van der Waals surface area contributed by atoms with Crippen LogP contribution in [0, 0.1) is 0 Å². The van der Waals surface area contributed by atoms with Gasteiger partial charge in [-0.2, -0.15) is 0 Å². The largest absolute Gasteiger partial charge is 0.492 e. The fourth-order valence-electron chi connectivity index (χ4n) is 2.96. The fourth-order valence-corrected chi connectivity index (χ4v) is 2.96. The Morgan fingerprint density at radius 1 is 1.33 bits per heavy atom. The van der Waals surface area contributed by atoms with Crippen LogP contribution in [0.15, 0.2) is 18.2 Å². The summed E-state index contributed by atoms with van der Waals surface area (Å²) in [6.07, 6.45) is 4.54. The number of nitrogen functional groups attached to an aromatic ring is 1. The molecule has 3 rings (SSSR count). The Bertz CT molecular complexity index is 627. The Hall–Kier alpha value is -2.11. The van der Waals surface area contributed by atoms with E-state index in [1.54, 1.807) is 0 Å². The zero-order valence-electron chi connectivity index (χ0n) is 12.5. The lowest BCUT2D eigenvalue weighted by molar-refractivity contribution is 0.118. The van der Waals surface area contributed by atoms with Gasteiger partial charge in [-0.25, -0.2) is 4.68 Å². The molecule has 0 amide bonds. The lowest BCUT2D eigenvalue weighted by Crippen LogP contribution is -2.41. The highest BCUT2D eigenvalue weighted by molar-refractivity contribution is 5.66. The lowest BCUT2D eigenvalue weighted by Gasteiger charge is -2.41. The second-order valence-electron chi connectivity index (χ2n) is 5.53. The second-order valence-corrected chi connectivity index (χ2v) is 5.53. The van der Waals surface area contributed by atoms with Crippen molar-refractivity contribution in [2.75, 3.05) is 12.3 Å². The summed E-state index contributed by atoms with van der Waals surface area (Å²) in [7, 11) is 0. The maximum atomic E-state index is 6.05. The van der Waals surface area contributed by atoms with Crippen molar-refractivity contribution in [2.24, 2.45) is 0 Å². The molecule has 6 heteroatoms. The van der Waals surface area contributed by atoms with E-state index >= 15 is 0 Å². The van der Waals surface area contributed by atoms with Gasteiger partial charge < -0.3 is 10.5 Å². The maximum Gasteiger partial charge on any atom is 0.182 e. The summed E-state index contributed by atoms with van der Waals surface area (Å²) in [6, 6.07) is 5.73. The Labute approximate surface area is 124 Å². The first-order valence-corrected chi connectivity index (χ1v) is 7.52. The molecule has 1 aromatic carbocycles. The van der Waals surface area contributed by atoms with Crippen LogP contribution in [0.5, 0.6) is 5.75 Å². The zero-order chi connectivity index (χ0) is 14.9. The molecule has 1 aromatic heterocycles. The van der Waals surface area contributed by atoms with Gasteiger partial charge in [0.05, 0.1) is 17.8 Å². The van der Waals surface area contributed by atoms with Gasteiger partial charge in [0.15, 0.2) is 5.82 Å². The Kier molecular flexibility index (Phi) is 3.53. The van der Waals surface area contributed by atoms with Crippen LogP contribution in [0.1, 0.15) is 39.5 Å². The van der Waals surface area contributed by atoms with Crippen LogP contribution in [-0.4, -0.2) is 26.8 Å². The number of hydrogen-bond donors (Lipinski definition) is 1. The molecule has 1 heterocycles. The summed E-state index contributed by atoms with van der Waals surface area (Å²) in [5.74, 6) is 1.49. The third-order valence-corrected chi connectivity index (χ3v) is 4.43. The van der Waals surface area contributed by atoms with Gasteiger partial charge in [-0.3, -0.25) is 0 Å². The van der Waals surface area contributed by atoms with Gasteiger partial charge in [-0.05, 0) is 61.2 Å². The SMILES string of the molecule is CCOc1ccc(-c2nnnn2C2(CC)CCC2)cc1N. The van der Waals surface area contributed by atoms with Crippen LogP contribution in [0.4, 0.5) is 5.69 Å². The van der Waals surface area contributed by atoms with Crippen LogP contribution in [0.25, 0.3) is 11.4 Å². The number of tetrazole rings is 1. The summed E-state index contributed by atoms with van der Waals surface area (Å²) >= 11 is 0. The molecular weight excluding hydrogens is 266 g/mol. The van der Waals surface area contributed by atoms with E-state index in [0.29, 0.717) is 18.0 Å². The molecule has 112 valence electrons. The van der Waals surface area contributed by atoms with Crippen LogP contribution >= 0.6 is 0 Å². The van der Waals surface area contributed by atoms with Crippen LogP contribution < -0.4 is 10.5 Å². The van der Waals surface area contributed by atoms with Gasteiger partial charge >= 0.3 is 0 Å². The normalized spacial score (nSPS) is 16.5.